The summed E-state index contributed by atoms with van der Waals surface area (Å²) in [6.45, 7) is 7.41. The molecule has 2 nitrogen and oxygen atoms in total. The average Bonchev–Trinajstić information content (AvgIpc) is 2.65. The largest absolute Gasteiger partial charge is 0.380 e. The van der Waals surface area contributed by atoms with Gasteiger partial charge in [-0.1, -0.05) is 39.0 Å². The zero-order valence-electron chi connectivity index (χ0n) is 16.4. The lowest BCUT2D eigenvalue weighted by atomic mass is 9.85. The van der Waals surface area contributed by atoms with E-state index < -0.39 is 0 Å². The summed E-state index contributed by atoms with van der Waals surface area (Å²) >= 11 is 0. The van der Waals surface area contributed by atoms with Crippen molar-refractivity contribution < 1.29 is 4.39 Å². The van der Waals surface area contributed by atoms with Gasteiger partial charge in [0.2, 0.25) is 0 Å². The number of halogens is 1. The maximum absolute atomic E-state index is 13.2. The highest BCUT2D eigenvalue weighted by atomic mass is 19.1. The molecule has 1 aliphatic rings. The maximum atomic E-state index is 13.2. The maximum Gasteiger partial charge on any atom is 0.123 e. The van der Waals surface area contributed by atoms with Gasteiger partial charge in [0.1, 0.15) is 5.82 Å². The molecule has 2 aromatic carbocycles. The van der Waals surface area contributed by atoms with E-state index in [1.165, 1.54) is 52.9 Å². The Bertz CT molecular complexity index is 968. The van der Waals surface area contributed by atoms with Gasteiger partial charge in [-0.05, 0) is 72.1 Å². The third kappa shape index (κ3) is 3.69. The van der Waals surface area contributed by atoms with E-state index in [2.05, 4.69) is 44.3 Å². The molecule has 0 spiro atoms. The molecule has 140 valence electrons. The molecule has 1 aliphatic carbocycles. The van der Waals surface area contributed by atoms with Crippen molar-refractivity contribution in [3.05, 3.63) is 70.7 Å². The Kier molecular flexibility index (Phi) is 4.63. The molecule has 0 saturated heterocycles. The molecule has 3 aromatic rings. The predicted molar refractivity (Wildman–Crippen MR) is 111 cm³/mol. The van der Waals surface area contributed by atoms with Gasteiger partial charge in [-0.3, -0.25) is 4.98 Å². The first kappa shape index (κ1) is 18.0. The van der Waals surface area contributed by atoms with Crippen LogP contribution in [0.2, 0.25) is 0 Å². The molecule has 1 heterocycles. The van der Waals surface area contributed by atoms with Crippen LogP contribution < -0.4 is 5.32 Å². The second-order valence-corrected chi connectivity index (χ2v) is 8.58. The Morgan fingerprint density at radius 1 is 1.00 bits per heavy atom. The molecule has 0 bridgehead atoms. The highest BCUT2D eigenvalue weighted by Crippen LogP contribution is 2.36. The minimum absolute atomic E-state index is 0.0956. The monoisotopic (exact) mass is 362 g/mol. The van der Waals surface area contributed by atoms with Crippen molar-refractivity contribution in [1.82, 2.24) is 4.98 Å². The van der Waals surface area contributed by atoms with E-state index in [1.807, 2.05) is 12.1 Å². The first-order chi connectivity index (χ1) is 12.9. The highest BCUT2D eigenvalue weighted by molar-refractivity contribution is 5.94. The fourth-order valence-corrected chi connectivity index (χ4v) is 3.88. The number of rotatable bonds is 3. The minimum Gasteiger partial charge on any atom is -0.380 e. The van der Waals surface area contributed by atoms with Gasteiger partial charge in [-0.2, -0.15) is 0 Å². The Morgan fingerprint density at radius 2 is 1.74 bits per heavy atom. The second kappa shape index (κ2) is 6.95. The van der Waals surface area contributed by atoms with Crippen LogP contribution in [0.5, 0.6) is 0 Å². The molecule has 4 rings (SSSR count). The second-order valence-electron chi connectivity index (χ2n) is 8.58. The summed E-state index contributed by atoms with van der Waals surface area (Å²) in [6, 6.07) is 13.4. The zero-order valence-corrected chi connectivity index (χ0v) is 16.4. The molecular formula is C24H27FN2. The van der Waals surface area contributed by atoms with Crippen molar-refractivity contribution in [2.45, 2.75) is 58.4 Å². The topological polar surface area (TPSA) is 24.9 Å². The SMILES string of the molecule is CC(C)(C)c1ccc2nc3c(c(NCc4ccc(F)cc4)c2c1)CCCC3. The molecule has 0 radical (unpaired) electrons. The van der Waals surface area contributed by atoms with Crippen LogP contribution in [0.15, 0.2) is 42.5 Å². The van der Waals surface area contributed by atoms with Gasteiger partial charge in [0, 0.05) is 23.3 Å². The van der Waals surface area contributed by atoms with Crippen LogP contribution in [0, 0.1) is 5.82 Å². The Labute approximate surface area is 160 Å². The normalized spacial score (nSPS) is 14.2. The predicted octanol–water partition coefficient (Wildman–Crippen LogP) is 6.16. The lowest BCUT2D eigenvalue weighted by Crippen LogP contribution is -2.14. The minimum atomic E-state index is -0.194. The zero-order chi connectivity index (χ0) is 19.0. The fourth-order valence-electron chi connectivity index (χ4n) is 3.88. The van der Waals surface area contributed by atoms with E-state index in [-0.39, 0.29) is 11.2 Å². The van der Waals surface area contributed by atoms with Gasteiger partial charge in [0.15, 0.2) is 0 Å². The summed E-state index contributed by atoms with van der Waals surface area (Å²) in [7, 11) is 0. The molecule has 0 fully saturated rings. The molecule has 3 heteroatoms. The number of fused-ring (bicyclic) bond motifs is 2. The lowest BCUT2D eigenvalue weighted by Gasteiger charge is -2.24. The third-order valence-electron chi connectivity index (χ3n) is 5.51. The van der Waals surface area contributed by atoms with Gasteiger partial charge in [-0.25, -0.2) is 4.39 Å². The summed E-state index contributed by atoms with van der Waals surface area (Å²) in [4.78, 5) is 4.98. The Morgan fingerprint density at radius 3 is 2.48 bits per heavy atom. The fraction of sp³-hybridized carbons (Fsp3) is 0.375. The number of benzene rings is 2. The van der Waals surface area contributed by atoms with E-state index >= 15 is 0 Å². The van der Waals surface area contributed by atoms with Crippen LogP contribution in [-0.4, -0.2) is 4.98 Å². The van der Waals surface area contributed by atoms with Crippen LogP contribution in [0.25, 0.3) is 10.9 Å². The summed E-state index contributed by atoms with van der Waals surface area (Å²) in [6.07, 6.45) is 4.55. The number of anilines is 1. The van der Waals surface area contributed by atoms with Crippen molar-refractivity contribution in [3.8, 4) is 0 Å². The lowest BCUT2D eigenvalue weighted by molar-refractivity contribution is 0.591. The first-order valence-electron chi connectivity index (χ1n) is 9.86. The molecule has 27 heavy (non-hydrogen) atoms. The van der Waals surface area contributed by atoms with Crippen LogP contribution >= 0.6 is 0 Å². The Hall–Kier alpha value is -2.42. The van der Waals surface area contributed by atoms with Crippen molar-refractivity contribution >= 4 is 16.6 Å². The number of aryl methyl sites for hydroxylation is 1. The van der Waals surface area contributed by atoms with E-state index in [9.17, 15) is 4.39 Å². The standard InChI is InChI=1S/C24H27FN2/c1-24(2,3)17-10-13-22-20(14-17)23(19-6-4-5-7-21(19)27-22)26-15-16-8-11-18(25)12-9-16/h8-14H,4-7,15H2,1-3H3,(H,26,27). The van der Waals surface area contributed by atoms with E-state index in [1.54, 1.807) is 0 Å². The van der Waals surface area contributed by atoms with Crippen molar-refractivity contribution in [3.63, 3.8) is 0 Å². The molecular weight excluding hydrogens is 335 g/mol. The number of hydrogen-bond acceptors (Lipinski definition) is 2. The smallest absolute Gasteiger partial charge is 0.123 e. The van der Waals surface area contributed by atoms with E-state index in [0.29, 0.717) is 6.54 Å². The number of nitrogens with one attached hydrogen (secondary N) is 1. The summed E-state index contributed by atoms with van der Waals surface area (Å²) in [5.41, 5.74) is 7.37. The number of pyridine rings is 1. The van der Waals surface area contributed by atoms with Crippen LogP contribution in [0.3, 0.4) is 0 Å². The number of nitrogens with zero attached hydrogens (tertiary/aromatic N) is 1. The highest BCUT2D eigenvalue weighted by Gasteiger charge is 2.20. The molecule has 0 aliphatic heterocycles. The molecule has 0 saturated carbocycles. The van der Waals surface area contributed by atoms with E-state index in [0.717, 1.165) is 23.9 Å². The van der Waals surface area contributed by atoms with Crippen molar-refractivity contribution in [1.29, 1.82) is 0 Å². The van der Waals surface area contributed by atoms with Crippen molar-refractivity contribution in [2.75, 3.05) is 5.32 Å². The van der Waals surface area contributed by atoms with Gasteiger partial charge >= 0.3 is 0 Å². The molecule has 0 atom stereocenters. The van der Waals surface area contributed by atoms with Gasteiger partial charge in [-0.15, -0.1) is 0 Å². The van der Waals surface area contributed by atoms with Crippen LogP contribution in [0.4, 0.5) is 10.1 Å². The first-order valence-corrected chi connectivity index (χ1v) is 9.86. The molecule has 1 aromatic heterocycles. The van der Waals surface area contributed by atoms with Gasteiger partial charge in [0.25, 0.3) is 0 Å². The third-order valence-corrected chi connectivity index (χ3v) is 5.51. The van der Waals surface area contributed by atoms with E-state index in [4.69, 9.17) is 4.98 Å². The molecule has 0 amide bonds. The molecule has 1 N–H and O–H groups in total. The molecule has 0 unspecified atom stereocenters. The van der Waals surface area contributed by atoms with Crippen LogP contribution in [0.1, 0.15) is 56.0 Å². The summed E-state index contributed by atoms with van der Waals surface area (Å²) in [5.74, 6) is -0.194. The Balaban J connectivity index is 1.80. The number of aromatic nitrogens is 1. The van der Waals surface area contributed by atoms with Crippen molar-refractivity contribution in [2.24, 2.45) is 0 Å². The quantitative estimate of drug-likeness (QED) is 0.603. The summed E-state index contributed by atoms with van der Waals surface area (Å²) < 4.78 is 13.2. The average molecular weight is 362 g/mol. The summed E-state index contributed by atoms with van der Waals surface area (Å²) in [5, 5.41) is 4.87. The van der Waals surface area contributed by atoms with Gasteiger partial charge < -0.3 is 5.32 Å². The van der Waals surface area contributed by atoms with Crippen LogP contribution in [-0.2, 0) is 24.8 Å². The number of hydrogen-bond donors (Lipinski definition) is 1. The van der Waals surface area contributed by atoms with Gasteiger partial charge in [0.05, 0.1) is 5.52 Å².